The molecule has 0 radical (unpaired) electrons. The summed E-state index contributed by atoms with van der Waals surface area (Å²) in [6.07, 6.45) is 0.362. The number of nitrogen functional groups attached to an aromatic ring is 1. The average Bonchev–Trinajstić information content (AvgIpc) is 2.78. The van der Waals surface area contributed by atoms with Gasteiger partial charge in [-0.3, -0.25) is 4.79 Å². The molecule has 4 heteroatoms. The Bertz CT molecular complexity index is 543. The van der Waals surface area contributed by atoms with Crippen LogP contribution in [0, 0.1) is 0 Å². The fourth-order valence-corrected chi connectivity index (χ4v) is 2.53. The predicted octanol–water partition coefficient (Wildman–Crippen LogP) is 3.27. The van der Waals surface area contributed by atoms with Crippen LogP contribution >= 0.6 is 11.3 Å². The lowest BCUT2D eigenvalue weighted by molar-refractivity contribution is 0.0993. The van der Waals surface area contributed by atoms with E-state index < -0.39 is 0 Å². The van der Waals surface area contributed by atoms with Crippen LogP contribution in [0.2, 0.25) is 0 Å². The van der Waals surface area contributed by atoms with E-state index in [9.17, 15) is 4.79 Å². The number of ketones is 1. The van der Waals surface area contributed by atoms with E-state index >= 15 is 0 Å². The smallest absolute Gasteiger partial charge is 0.169 e. The van der Waals surface area contributed by atoms with Gasteiger partial charge in [-0.25, -0.2) is 4.98 Å². The Hall–Kier alpha value is -1.68. The van der Waals surface area contributed by atoms with E-state index in [1.54, 1.807) is 35.6 Å². The van der Waals surface area contributed by atoms with E-state index in [-0.39, 0.29) is 5.78 Å². The quantitative estimate of drug-likeness (QED) is 0.678. The molecule has 3 nitrogen and oxygen atoms in total. The monoisotopic (exact) mass is 260 g/mol. The molecule has 1 aromatic carbocycles. The minimum absolute atomic E-state index is 0.0830. The largest absolute Gasteiger partial charge is 0.399 e. The Labute approximate surface area is 111 Å². The molecule has 0 bridgehead atoms. The zero-order chi connectivity index (χ0) is 13.1. The second-order valence-electron chi connectivity index (χ2n) is 4.54. The van der Waals surface area contributed by atoms with Crippen LogP contribution < -0.4 is 5.73 Å². The van der Waals surface area contributed by atoms with Crippen molar-refractivity contribution in [3.8, 4) is 0 Å². The fourth-order valence-electron chi connectivity index (χ4n) is 1.58. The summed E-state index contributed by atoms with van der Waals surface area (Å²) in [7, 11) is 0. The first-order valence-electron chi connectivity index (χ1n) is 5.89. The van der Waals surface area contributed by atoms with Gasteiger partial charge < -0.3 is 5.73 Å². The van der Waals surface area contributed by atoms with Crippen molar-refractivity contribution in [2.45, 2.75) is 26.2 Å². The van der Waals surface area contributed by atoms with Crippen molar-refractivity contribution in [1.29, 1.82) is 0 Å². The fraction of sp³-hybridized carbons (Fsp3) is 0.286. The third-order valence-electron chi connectivity index (χ3n) is 2.71. The maximum atomic E-state index is 12.0. The number of carbonyl (C=O) groups excluding carboxylic acids is 1. The van der Waals surface area contributed by atoms with Crippen LogP contribution in [-0.4, -0.2) is 10.8 Å². The van der Waals surface area contributed by atoms with Gasteiger partial charge >= 0.3 is 0 Å². The van der Waals surface area contributed by atoms with E-state index in [1.807, 2.05) is 5.38 Å². The molecule has 0 aliphatic carbocycles. The SMILES string of the molecule is CC(C)c1csc(CC(=O)c2ccc(N)cc2)n1. The van der Waals surface area contributed by atoms with E-state index in [0.29, 0.717) is 23.6 Å². The third-order valence-corrected chi connectivity index (χ3v) is 3.57. The molecule has 0 atom stereocenters. The molecular formula is C14H16N2OS. The Morgan fingerprint density at radius 3 is 2.56 bits per heavy atom. The van der Waals surface area contributed by atoms with Gasteiger partial charge in [-0.2, -0.15) is 0 Å². The molecule has 0 aliphatic heterocycles. The van der Waals surface area contributed by atoms with Crippen molar-refractivity contribution in [2.24, 2.45) is 0 Å². The number of nitrogens with two attached hydrogens (primary N) is 1. The van der Waals surface area contributed by atoms with Crippen LogP contribution in [0.3, 0.4) is 0 Å². The van der Waals surface area contributed by atoms with Gasteiger partial charge in [0.05, 0.1) is 12.1 Å². The molecule has 0 saturated heterocycles. The number of rotatable bonds is 4. The zero-order valence-corrected chi connectivity index (χ0v) is 11.3. The van der Waals surface area contributed by atoms with Crippen LogP contribution in [-0.2, 0) is 6.42 Å². The van der Waals surface area contributed by atoms with Crippen LogP contribution in [0.15, 0.2) is 29.6 Å². The molecule has 0 saturated carbocycles. The minimum Gasteiger partial charge on any atom is -0.399 e. The summed E-state index contributed by atoms with van der Waals surface area (Å²) in [5, 5.41) is 2.90. The topological polar surface area (TPSA) is 56.0 Å². The number of carbonyl (C=O) groups is 1. The molecule has 0 spiro atoms. The van der Waals surface area contributed by atoms with Crippen molar-refractivity contribution < 1.29 is 4.79 Å². The molecule has 1 heterocycles. The van der Waals surface area contributed by atoms with Crippen LogP contribution in [0.25, 0.3) is 0 Å². The molecule has 0 aliphatic rings. The maximum Gasteiger partial charge on any atom is 0.169 e. The summed E-state index contributed by atoms with van der Waals surface area (Å²) < 4.78 is 0. The van der Waals surface area contributed by atoms with E-state index in [4.69, 9.17) is 5.73 Å². The standard InChI is InChI=1S/C14H16N2OS/c1-9(2)12-8-18-14(16-12)7-13(17)10-3-5-11(15)6-4-10/h3-6,8-9H,7,15H2,1-2H3. The van der Waals surface area contributed by atoms with Gasteiger partial charge in [0.2, 0.25) is 0 Å². The normalized spacial score (nSPS) is 10.8. The second-order valence-corrected chi connectivity index (χ2v) is 5.49. The van der Waals surface area contributed by atoms with Gasteiger partial charge in [0, 0.05) is 16.6 Å². The first-order valence-corrected chi connectivity index (χ1v) is 6.77. The molecule has 94 valence electrons. The minimum atomic E-state index is 0.0830. The lowest BCUT2D eigenvalue weighted by atomic mass is 10.1. The number of benzene rings is 1. The maximum absolute atomic E-state index is 12.0. The first kappa shape index (κ1) is 12.8. The van der Waals surface area contributed by atoms with E-state index in [1.165, 1.54) is 0 Å². The molecule has 2 N–H and O–H groups in total. The first-order chi connectivity index (χ1) is 8.56. The molecule has 0 unspecified atom stereocenters. The summed E-state index contributed by atoms with van der Waals surface area (Å²) in [6, 6.07) is 7.01. The lowest BCUT2D eigenvalue weighted by Crippen LogP contribution is -2.03. The summed E-state index contributed by atoms with van der Waals surface area (Å²) >= 11 is 1.55. The average molecular weight is 260 g/mol. The van der Waals surface area contributed by atoms with Gasteiger partial charge in [0.15, 0.2) is 5.78 Å². The highest BCUT2D eigenvalue weighted by Gasteiger charge is 2.11. The highest BCUT2D eigenvalue weighted by molar-refractivity contribution is 7.09. The number of Topliss-reactive ketones (excluding diaryl/α,β-unsaturated/α-hetero) is 1. The Morgan fingerprint density at radius 1 is 1.33 bits per heavy atom. The van der Waals surface area contributed by atoms with Gasteiger partial charge in [0.1, 0.15) is 5.01 Å². The van der Waals surface area contributed by atoms with E-state index in [0.717, 1.165) is 10.7 Å². The van der Waals surface area contributed by atoms with E-state index in [2.05, 4.69) is 18.8 Å². The number of hydrogen-bond donors (Lipinski definition) is 1. The molecule has 1 aromatic heterocycles. The van der Waals surface area contributed by atoms with Gasteiger partial charge in [-0.15, -0.1) is 11.3 Å². The summed E-state index contributed by atoms with van der Waals surface area (Å²) in [5.74, 6) is 0.487. The highest BCUT2D eigenvalue weighted by atomic mass is 32.1. The highest BCUT2D eigenvalue weighted by Crippen LogP contribution is 2.19. The summed E-state index contributed by atoms with van der Waals surface area (Å²) in [5.41, 5.74) is 8.01. The van der Waals surface area contributed by atoms with Crippen molar-refractivity contribution in [1.82, 2.24) is 4.98 Å². The number of nitrogens with zero attached hydrogens (tertiary/aromatic N) is 1. The lowest BCUT2D eigenvalue weighted by Gasteiger charge is -2.00. The Balaban J connectivity index is 2.08. The van der Waals surface area contributed by atoms with Crippen LogP contribution in [0.1, 0.15) is 40.8 Å². The number of anilines is 1. The van der Waals surface area contributed by atoms with Crippen LogP contribution in [0.5, 0.6) is 0 Å². The summed E-state index contributed by atoms with van der Waals surface area (Å²) in [4.78, 5) is 16.5. The molecule has 2 rings (SSSR count). The van der Waals surface area contributed by atoms with Gasteiger partial charge in [-0.1, -0.05) is 13.8 Å². The number of hydrogen-bond acceptors (Lipinski definition) is 4. The van der Waals surface area contributed by atoms with Crippen molar-refractivity contribution in [2.75, 3.05) is 5.73 Å². The molecular weight excluding hydrogens is 244 g/mol. The number of aromatic nitrogens is 1. The van der Waals surface area contributed by atoms with Crippen molar-refractivity contribution >= 4 is 22.8 Å². The Morgan fingerprint density at radius 2 is 2.00 bits per heavy atom. The molecule has 0 amide bonds. The molecule has 18 heavy (non-hydrogen) atoms. The number of thiazole rings is 1. The summed E-state index contributed by atoms with van der Waals surface area (Å²) in [6.45, 7) is 4.20. The second kappa shape index (κ2) is 5.31. The Kier molecular flexibility index (Phi) is 3.77. The van der Waals surface area contributed by atoms with Crippen LogP contribution in [0.4, 0.5) is 5.69 Å². The zero-order valence-electron chi connectivity index (χ0n) is 10.5. The molecule has 0 fully saturated rings. The molecule has 2 aromatic rings. The van der Waals surface area contributed by atoms with Crippen molar-refractivity contribution in [3.05, 3.63) is 45.9 Å². The predicted molar refractivity (Wildman–Crippen MR) is 75.1 cm³/mol. The van der Waals surface area contributed by atoms with Gasteiger partial charge in [0.25, 0.3) is 0 Å². The van der Waals surface area contributed by atoms with Gasteiger partial charge in [-0.05, 0) is 30.2 Å². The third kappa shape index (κ3) is 2.96. The van der Waals surface area contributed by atoms with Crippen molar-refractivity contribution in [3.63, 3.8) is 0 Å².